The molecule has 1 amide bonds. The van der Waals surface area contributed by atoms with Crippen LogP contribution in [0.3, 0.4) is 0 Å². The summed E-state index contributed by atoms with van der Waals surface area (Å²) < 4.78 is 0. The molecule has 0 radical (unpaired) electrons. The second-order valence-electron chi connectivity index (χ2n) is 6.65. The van der Waals surface area contributed by atoms with Crippen molar-refractivity contribution in [3.63, 3.8) is 0 Å². The van der Waals surface area contributed by atoms with Gasteiger partial charge < -0.3 is 10.0 Å². The molecule has 1 heterocycles. The highest BCUT2D eigenvalue weighted by molar-refractivity contribution is 5.94. The molecular formula is C17H25NO2. The number of hydrogen-bond donors (Lipinski definition) is 1. The van der Waals surface area contributed by atoms with E-state index in [4.69, 9.17) is 0 Å². The molecule has 1 N–H and O–H groups in total. The minimum atomic E-state index is -0.484. The van der Waals surface area contributed by atoms with E-state index in [1.807, 2.05) is 44.7 Å². The molecule has 0 saturated heterocycles. The molecule has 2 rings (SSSR count). The number of benzene rings is 1. The summed E-state index contributed by atoms with van der Waals surface area (Å²) in [6.45, 7) is 8.81. The fourth-order valence-corrected chi connectivity index (χ4v) is 2.79. The normalized spacial score (nSPS) is 17.6. The van der Waals surface area contributed by atoms with E-state index < -0.39 is 6.10 Å². The van der Waals surface area contributed by atoms with Gasteiger partial charge in [-0.2, -0.15) is 0 Å². The molecule has 1 aliphatic heterocycles. The summed E-state index contributed by atoms with van der Waals surface area (Å²) >= 11 is 0. The lowest BCUT2D eigenvalue weighted by atomic mass is 9.84. The number of aliphatic hydroxyl groups is 1. The second-order valence-corrected chi connectivity index (χ2v) is 6.65. The van der Waals surface area contributed by atoms with Crippen molar-refractivity contribution in [1.82, 2.24) is 0 Å². The molecule has 0 aromatic heterocycles. The molecule has 3 heteroatoms. The number of anilines is 1. The number of carbonyl (C=O) groups excluding carboxylic acids is 1. The number of rotatable bonds is 2. The van der Waals surface area contributed by atoms with Gasteiger partial charge >= 0.3 is 0 Å². The van der Waals surface area contributed by atoms with E-state index in [2.05, 4.69) is 6.07 Å². The van der Waals surface area contributed by atoms with Gasteiger partial charge in [0.2, 0.25) is 5.91 Å². The Morgan fingerprint density at radius 3 is 2.60 bits per heavy atom. The smallest absolute Gasteiger partial charge is 0.226 e. The van der Waals surface area contributed by atoms with Crippen molar-refractivity contribution in [3.8, 4) is 0 Å². The number of hydrogen-bond acceptors (Lipinski definition) is 2. The number of fused-ring (bicyclic) bond motifs is 1. The SMILES string of the molecule is CCN1C(=O)CCCc2cc(C(O)C(C)(C)C)ccc21. The van der Waals surface area contributed by atoms with Crippen molar-refractivity contribution in [3.05, 3.63) is 29.3 Å². The van der Waals surface area contributed by atoms with Crippen LogP contribution >= 0.6 is 0 Å². The van der Waals surface area contributed by atoms with E-state index in [-0.39, 0.29) is 11.3 Å². The average Bonchev–Trinajstić information content (AvgIpc) is 2.54. The Morgan fingerprint density at radius 2 is 2.00 bits per heavy atom. The maximum atomic E-state index is 12.1. The molecule has 0 bridgehead atoms. The molecule has 1 aliphatic rings. The lowest BCUT2D eigenvalue weighted by Crippen LogP contribution is -2.29. The van der Waals surface area contributed by atoms with Gasteiger partial charge in [-0.05, 0) is 42.4 Å². The van der Waals surface area contributed by atoms with Crippen molar-refractivity contribution in [1.29, 1.82) is 0 Å². The van der Waals surface area contributed by atoms with E-state index in [1.54, 1.807) is 0 Å². The fourth-order valence-electron chi connectivity index (χ4n) is 2.79. The Balaban J connectivity index is 2.41. The van der Waals surface area contributed by atoms with E-state index in [0.717, 1.165) is 24.1 Å². The highest BCUT2D eigenvalue weighted by Gasteiger charge is 2.26. The minimum absolute atomic E-state index is 0.181. The van der Waals surface area contributed by atoms with E-state index in [9.17, 15) is 9.90 Å². The first kappa shape index (κ1) is 15.0. The Morgan fingerprint density at radius 1 is 1.30 bits per heavy atom. The minimum Gasteiger partial charge on any atom is -0.388 e. The molecule has 3 nitrogen and oxygen atoms in total. The monoisotopic (exact) mass is 275 g/mol. The standard InChI is InChI=1S/C17H25NO2/c1-5-18-14-10-9-13(16(20)17(2,3)4)11-12(14)7-6-8-15(18)19/h9-11,16,20H,5-8H2,1-4H3. The zero-order valence-corrected chi connectivity index (χ0v) is 12.9. The first-order chi connectivity index (χ1) is 9.34. The van der Waals surface area contributed by atoms with Crippen molar-refractivity contribution in [2.24, 2.45) is 5.41 Å². The van der Waals surface area contributed by atoms with Crippen LogP contribution in [-0.2, 0) is 11.2 Å². The number of amides is 1. The van der Waals surface area contributed by atoms with Crippen LogP contribution in [0, 0.1) is 5.41 Å². The molecule has 1 aromatic rings. The third-order valence-electron chi connectivity index (χ3n) is 3.98. The van der Waals surface area contributed by atoms with Crippen LogP contribution in [0.1, 0.15) is 57.8 Å². The predicted octanol–water partition coefficient (Wildman–Crippen LogP) is 3.46. The number of carbonyl (C=O) groups is 1. The highest BCUT2D eigenvalue weighted by atomic mass is 16.3. The summed E-state index contributed by atoms with van der Waals surface area (Å²) in [5.41, 5.74) is 2.96. The molecule has 1 aromatic carbocycles. The van der Waals surface area contributed by atoms with Crippen LogP contribution in [0.15, 0.2) is 18.2 Å². The third-order valence-corrected chi connectivity index (χ3v) is 3.98. The van der Waals surface area contributed by atoms with Gasteiger partial charge in [0.05, 0.1) is 6.10 Å². The lowest BCUT2D eigenvalue weighted by molar-refractivity contribution is -0.118. The maximum absolute atomic E-state index is 12.1. The fraction of sp³-hybridized carbons (Fsp3) is 0.588. The molecule has 0 fully saturated rings. The summed E-state index contributed by atoms with van der Waals surface area (Å²) in [5.74, 6) is 0.204. The molecule has 1 atom stereocenters. The van der Waals surface area contributed by atoms with E-state index in [1.165, 1.54) is 5.56 Å². The number of aliphatic hydroxyl groups excluding tert-OH is 1. The molecule has 20 heavy (non-hydrogen) atoms. The molecule has 1 unspecified atom stereocenters. The third kappa shape index (κ3) is 2.88. The van der Waals surface area contributed by atoms with E-state index >= 15 is 0 Å². The molecule has 0 aliphatic carbocycles. The molecule has 0 saturated carbocycles. The summed E-state index contributed by atoms with van der Waals surface area (Å²) in [5, 5.41) is 10.4. The van der Waals surface area contributed by atoms with Gasteiger partial charge in [-0.1, -0.05) is 32.9 Å². The number of aryl methyl sites for hydroxylation is 1. The first-order valence-electron chi connectivity index (χ1n) is 7.46. The summed E-state index contributed by atoms with van der Waals surface area (Å²) in [6, 6.07) is 6.02. The predicted molar refractivity (Wildman–Crippen MR) is 81.8 cm³/mol. The Labute approximate surface area is 121 Å². The van der Waals surface area contributed by atoms with Gasteiger partial charge in [-0.3, -0.25) is 4.79 Å². The maximum Gasteiger partial charge on any atom is 0.226 e. The molecule has 110 valence electrons. The van der Waals surface area contributed by atoms with Crippen LogP contribution in [0.4, 0.5) is 5.69 Å². The van der Waals surface area contributed by atoms with Gasteiger partial charge in [0.15, 0.2) is 0 Å². The van der Waals surface area contributed by atoms with Crippen molar-refractivity contribution in [2.75, 3.05) is 11.4 Å². The molecule has 0 spiro atoms. The summed E-state index contributed by atoms with van der Waals surface area (Å²) in [4.78, 5) is 13.9. The van der Waals surface area contributed by atoms with Crippen LogP contribution in [-0.4, -0.2) is 17.6 Å². The molecular weight excluding hydrogens is 250 g/mol. The topological polar surface area (TPSA) is 40.5 Å². The van der Waals surface area contributed by atoms with Gasteiger partial charge in [0.25, 0.3) is 0 Å². The highest BCUT2D eigenvalue weighted by Crippen LogP contribution is 2.36. The number of nitrogens with zero attached hydrogens (tertiary/aromatic N) is 1. The van der Waals surface area contributed by atoms with Gasteiger partial charge in [0.1, 0.15) is 0 Å². The van der Waals surface area contributed by atoms with E-state index in [0.29, 0.717) is 13.0 Å². The summed E-state index contributed by atoms with van der Waals surface area (Å²) in [7, 11) is 0. The Bertz CT molecular complexity index is 502. The van der Waals surface area contributed by atoms with Gasteiger partial charge in [-0.15, -0.1) is 0 Å². The van der Waals surface area contributed by atoms with Crippen molar-refractivity contribution >= 4 is 11.6 Å². The lowest BCUT2D eigenvalue weighted by Gasteiger charge is -2.28. The van der Waals surface area contributed by atoms with Crippen LogP contribution in [0.2, 0.25) is 0 Å². The second kappa shape index (κ2) is 5.57. The summed E-state index contributed by atoms with van der Waals surface area (Å²) in [6.07, 6.45) is 1.92. The quantitative estimate of drug-likeness (QED) is 0.898. The first-order valence-corrected chi connectivity index (χ1v) is 7.46. The zero-order valence-electron chi connectivity index (χ0n) is 12.9. The van der Waals surface area contributed by atoms with Gasteiger partial charge in [0, 0.05) is 18.7 Å². The van der Waals surface area contributed by atoms with Crippen molar-refractivity contribution < 1.29 is 9.90 Å². The Kier molecular flexibility index (Phi) is 4.19. The Hall–Kier alpha value is -1.35. The van der Waals surface area contributed by atoms with Crippen LogP contribution in [0.25, 0.3) is 0 Å². The zero-order chi connectivity index (χ0) is 14.9. The average molecular weight is 275 g/mol. The van der Waals surface area contributed by atoms with Crippen LogP contribution in [0.5, 0.6) is 0 Å². The van der Waals surface area contributed by atoms with Crippen LogP contribution < -0.4 is 4.90 Å². The van der Waals surface area contributed by atoms with Crippen molar-refractivity contribution in [2.45, 2.75) is 53.1 Å². The van der Waals surface area contributed by atoms with Gasteiger partial charge in [-0.25, -0.2) is 0 Å². The largest absolute Gasteiger partial charge is 0.388 e.